The van der Waals surface area contributed by atoms with Crippen molar-refractivity contribution in [1.29, 1.82) is 0 Å². The van der Waals surface area contributed by atoms with Crippen LogP contribution in [0.5, 0.6) is 0 Å². The highest BCUT2D eigenvalue weighted by atomic mass is 16.3. The van der Waals surface area contributed by atoms with Gasteiger partial charge in [0.2, 0.25) is 0 Å². The van der Waals surface area contributed by atoms with Crippen LogP contribution < -0.4 is 0 Å². The van der Waals surface area contributed by atoms with Crippen LogP contribution >= 0.6 is 0 Å². The van der Waals surface area contributed by atoms with Gasteiger partial charge in [0.25, 0.3) is 0 Å². The summed E-state index contributed by atoms with van der Waals surface area (Å²) in [5, 5.41) is 10.3. The average Bonchev–Trinajstić information content (AvgIpc) is 2.40. The van der Waals surface area contributed by atoms with Crippen molar-refractivity contribution in [3.8, 4) is 11.1 Å². The van der Waals surface area contributed by atoms with E-state index < -0.39 is 5.60 Å². The lowest BCUT2D eigenvalue weighted by Gasteiger charge is -2.23. The predicted molar refractivity (Wildman–Crippen MR) is 76.4 cm³/mol. The van der Waals surface area contributed by atoms with Crippen molar-refractivity contribution in [3.05, 3.63) is 60.2 Å². The Hall–Kier alpha value is -1.60. The van der Waals surface area contributed by atoms with Crippen LogP contribution in [0, 0.1) is 0 Å². The molecule has 2 aromatic rings. The standard InChI is InChI=1S/C17H20O/c1-3-13-17(2,18)16-11-9-15(10-12-16)14-7-5-4-6-8-14/h4-12,18H,3,13H2,1-2H3. The maximum absolute atomic E-state index is 10.3. The van der Waals surface area contributed by atoms with Gasteiger partial charge in [0.15, 0.2) is 0 Å². The molecule has 0 heterocycles. The van der Waals surface area contributed by atoms with Gasteiger partial charge < -0.3 is 5.11 Å². The first-order valence-electron chi connectivity index (χ1n) is 6.52. The summed E-state index contributed by atoms with van der Waals surface area (Å²) in [6.07, 6.45) is 1.77. The maximum atomic E-state index is 10.3. The van der Waals surface area contributed by atoms with Crippen molar-refractivity contribution >= 4 is 0 Å². The molecular formula is C17H20O. The summed E-state index contributed by atoms with van der Waals surface area (Å²) in [6, 6.07) is 18.5. The smallest absolute Gasteiger partial charge is 0.0868 e. The van der Waals surface area contributed by atoms with E-state index >= 15 is 0 Å². The van der Waals surface area contributed by atoms with E-state index in [0.29, 0.717) is 0 Å². The molecule has 0 aliphatic heterocycles. The van der Waals surface area contributed by atoms with E-state index in [2.05, 4.69) is 31.2 Å². The highest BCUT2D eigenvalue weighted by Crippen LogP contribution is 2.28. The van der Waals surface area contributed by atoms with Gasteiger partial charge in [0, 0.05) is 0 Å². The van der Waals surface area contributed by atoms with Gasteiger partial charge in [-0.25, -0.2) is 0 Å². The molecule has 0 saturated carbocycles. The third-order valence-electron chi connectivity index (χ3n) is 3.35. The van der Waals surface area contributed by atoms with Crippen molar-refractivity contribution in [2.45, 2.75) is 32.3 Å². The summed E-state index contributed by atoms with van der Waals surface area (Å²) < 4.78 is 0. The first kappa shape index (κ1) is 12.8. The zero-order valence-corrected chi connectivity index (χ0v) is 11.1. The predicted octanol–water partition coefficient (Wildman–Crippen LogP) is 4.36. The molecule has 1 atom stereocenters. The number of benzene rings is 2. The summed E-state index contributed by atoms with van der Waals surface area (Å²) in [4.78, 5) is 0. The lowest BCUT2D eigenvalue weighted by atomic mass is 9.90. The lowest BCUT2D eigenvalue weighted by Crippen LogP contribution is -2.20. The molecule has 18 heavy (non-hydrogen) atoms. The lowest BCUT2D eigenvalue weighted by molar-refractivity contribution is 0.0470. The largest absolute Gasteiger partial charge is 0.385 e. The van der Waals surface area contributed by atoms with Gasteiger partial charge in [0.05, 0.1) is 5.60 Å². The fraction of sp³-hybridized carbons (Fsp3) is 0.294. The van der Waals surface area contributed by atoms with Crippen LogP contribution in [0.3, 0.4) is 0 Å². The fourth-order valence-corrected chi connectivity index (χ4v) is 2.28. The van der Waals surface area contributed by atoms with Crippen LogP contribution in [-0.2, 0) is 5.60 Å². The highest BCUT2D eigenvalue weighted by Gasteiger charge is 2.21. The molecule has 1 N–H and O–H groups in total. The molecule has 0 bridgehead atoms. The average molecular weight is 240 g/mol. The third kappa shape index (κ3) is 2.80. The Kier molecular flexibility index (Phi) is 3.83. The van der Waals surface area contributed by atoms with Crippen LogP contribution in [0.2, 0.25) is 0 Å². The monoisotopic (exact) mass is 240 g/mol. The summed E-state index contributed by atoms with van der Waals surface area (Å²) in [6.45, 7) is 3.97. The SMILES string of the molecule is CCCC(C)(O)c1ccc(-c2ccccc2)cc1. The van der Waals surface area contributed by atoms with Gasteiger partial charge in [-0.15, -0.1) is 0 Å². The van der Waals surface area contributed by atoms with Crippen LogP contribution in [0.4, 0.5) is 0 Å². The van der Waals surface area contributed by atoms with Gasteiger partial charge in [-0.3, -0.25) is 0 Å². The molecule has 0 aromatic heterocycles. The van der Waals surface area contributed by atoms with Gasteiger partial charge >= 0.3 is 0 Å². The maximum Gasteiger partial charge on any atom is 0.0868 e. The van der Waals surface area contributed by atoms with E-state index in [4.69, 9.17) is 0 Å². The summed E-state index contributed by atoms with van der Waals surface area (Å²) in [5.41, 5.74) is 2.67. The molecule has 1 unspecified atom stereocenters. The van der Waals surface area contributed by atoms with Crippen LogP contribution in [0.1, 0.15) is 32.3 Å². The molecule has 94 valence electrons. The van der Waals surface area contributed by atoms with Crippen LogP contribution in [0.15, 0.2) is 54.6 Å². The number of aliphatic hydroxyl groups is 1. The molecule has 0 amide bonds. The Labute approximate surface area is 109 Å². The van der Waals surface area contributed by atoms with E-state index in [1.54, 1.807) is 0 Å². The minimum atomic E-state index is -0.718. The third-order valence-corrected chi connectivity index (χ3v) is 3.35. The second-order valence-electron chi connectivity index (χ2n) is 4.97. The highest BCUT2D eigenvalue weighted by molar-refractivity contribution is 5.63. The van der Waals surface area contributed by atoms with E-state index in [-0.39, 0.29) is 0 Å². The summed E-state index contributed by atoms with van der Waals surface area (Å²) in [7, 11) is 0. The first-order valence-corrected chi connectivity index (χ1v) is 6.52. The second-order valence-corrected chi connectivity index (χ2v) is 4.97. The molecule has 2 rings (SSSR count). The van der Waals surface area contributed by atoms with E-state index in [1.807, 2.05) is 37.3 Å². The zero-order valence-electron chi connectivity index (χ0n) is 11.1. The molecule has 2 aromatic carbocycles. The molecule has 0 spiro atoms. The van der Waals surface area contributed by atoms with Gasteiger partial charge in [-0.1, -0.05) is 67.9 Å². The fourth-order valence-electron chi connectivity index (χ4n) is 2.28. The van der Waals surface area contributed by atoms with E-state index in [9.17, 15) is 5.11 Å². The molecule has 0 saturated heterocycles. The van der Waals surface area contributed by atoms with Gasteiger partial charge in [-0.05, 0) is 30.0 Å². The van der Waals surface area contributed by atoms with Crippen molar-refractivity contribution < 1.29 is 5.11 Å². The van der Waals surface area contributed by atoms with Crippen molar-refractivity contribution in [2.24, 2.45) is 0 Å². The molecule has 0 aliphatic carbocycles. The molecule has 0 fully saturated rings. The summed E-state index contributed by atoms with van der Waals surface area (Å²) in [5.74, 6) is 0. The second kappa shape index (κ2) is 5.36. The van der Waals surface area contributed by atoms with Crippen molar-refractivity contribution in [3.63, 3.8) is 0 Å². The Morgan fingerprint density at radius 3 is 2.00 bits per heavy atom. The Morgan fingerprint density at radius 1 is 0.889 bits per heavy atom. The van der Waals surface area contributed by atoms with Crippen molar-refractivity contribution in [2.75, 3.05) is 0 Å². The normalized spacial score (nSPS) is 14.2. The zero-order chi connectivity index (χ0) is 13.0. The van der Waals surface area contributed by atoms with Crippen LogP contribution in [-0.4, -0.2) is 5.11 Å². The van der Waals surface area contributed by atoms with Crippen LogP contribution in [0.25, 0.3) is 11.1 Å². The van der Waals surface area contributed by atoms with Gasteiger partial charge in [-0.2, -0.15) is 0 Å². The topological polar surface area (TPSA) is 20.2 Å². The molecule has 1 nitrogen and oxygen atoms in total. The Balaban J connectivity index is 2.26. The number of hydrogen-bond acceptors (Lipinski definition) is 1. The molecule has 0 aliphatic rings. The van der Waals surface area contributed by atoms with E-state index in [0.717, 1.165) is 18.4 Å². The minimum absolute atomic E-state index is 0.718. The van der Waals surface area contributed by atoms with E-state index in [1.165, 1.54) is 11.1 Å². The quantitative estimate of drug-likeness (QED) is 0.841. The molecule has 1 heteroatoms. The Bertz CT molecular complexity index is 483. The number of hydrogen-bond donors (Lipinski definition) is 1. The Morgan fingerprint density at radius 2 is 1.44 bits per heavy atom. The van der Waals surface area contributed by atoms with Crippen molar-refractivity contribution in [1.82, 2.24) is 0 Å². The molecular weight excluding hydrogens is 220 g/mol. The van der Waals surface area contributed by atoms with Gasteiger partial charge in [0.1, 0.15) is 0 Å². The number of rotatable bonds is 4. The first-order chi connectivity index (χ1) is 8.63. The molecule has 0 radical (unpaired) electrons. The minimum Gasteiger partial charge on any atom is -0.385 e. The summed E-state index contributed by atoms with van der Waals surface area (Å²) >= 11 is 0.